The molecule has 0 N–H and O–H groups in total. The third-order valence-electron chi connectivity index (χ3n) is 3.94. The molecule has 3 rings (SSSR count). The number of nitrogens with zero attached hydrogens (tertiary/aromatic N) is 3. The number of carbonyl (C=O) groups is 1. The predicted octanol–water partition coefficient (Wildman–Crippen LogP) is 0.847. The molecule has 1 aromatic carbocycles. The molecule has 26 heavy (non-hydrogen) atoms. The number of aromatic nitrogens is 3. The predicted molar refractivity (Wildman–Crippen MR) is 94.0 cm³/mol. The molecule has 134 valence electrons. The largest absolute Gasteiger partial charge is 0.496 e. The van der Waals surface area contributed by atoms with E-state index in [0.29, 0.717) is 0 Å². The maximum absolute atomic E-state index is 12.7. The molecule has 0 radical (unpaired) electrons. The number of carbonyl (C=O) groups excluding carboxylic acids is 1. The number of aryl methyl sites for hydroxylation is 1. The van der Waals surface area contributed by atoms with Gasteiger partial charge in [-0.3, -0.25) is 14.2 Å². The average Bonchev–Trinajstić information content (AvgIpc) is 2.68. The van der Waals surface area contributed by atoms with Gasteiger partial charge in [-0.25, -0.2) is 14.3 Å². The van der Waals surface area contributed by atoms with Crippen LogP contribution in [0.1, 0.15) is 5.56 Å². The van der Waals surface area contributed by atoms with E-state index in [-0.39, 0.29) is 23.4 Å². The lowest BCUT2D eigenvalue weighted by Gasteiger charge is -2.12. The molecule has 0 aliphatic carbocycles. The van der Waals surface area contributed by atoms with Crippen LogP contribution >= 0.6 is 0 Å². The van der Waals surface area contributed by atoms with E-state index < -0.39 is 23.8 Å². The van der Waals surface area contributed by atoms with Gasteiger partial charge in [-0.1, -0.05) is 30.3 Å². The zero-order chi connectivity index (χ0) is 18.7. The molecule has 0 atom stereocenters. The molecule has 2 heterocycles. The summed E-state index contributed by atoms with van der Waals surface area (Å²) in [7, 11) is 2.89. The molecule has 0 fully saturated rings. The standard InChI is InChI=1S/C18H17N3O5/c1-20-16-15(13(25-2)8-9-19-16)17(23)21(18(20)24)10-14(22)26-11-12-6-4-3-5-7-12/h3-9H,10-11H2,1-2H3. The number of ether oxygens (including phenoxy) is 2. The minimum absolute atomic E-state index is 0.0627. The van der Waals surface area contributed by atoms with E-state index >= 15 is 0 Å². The van der Waals surface area contributed by atoms with Gasteiger partial charge in [-0.15, -0.1) is 0 Å². The molecule has 0 aliphatic heterocycles. The van der Waals surface area contributed by atoms with Gasteiger partial charge >= 0.3 is 11.7 Å². The van der Waals surface area contributed by atoms with Crippen LogP contribution in [0.2, 0.25) is 0 Å². The SMILES string of the molecule is COc1ccnc2c1c(=O)n(CC(=O)OCc1ccccc1)c(=O)n2C. The van der Waals surface area contributed by atoms with Gasteiger partial charge in [-0.05, 0) is 11.6 Å². The minimum atomic E-state index is -0.685. The zero-order valence-electron chi connectivity index (χ0n) is 14.3. The molecular weight excluding hydrogens is 338 g/mol. The minimum Gasteiger partial charge on any atom is -0.496 e. The fraction of sp³-hybridized carbons (Fsp3) is 0.222. The van der Waals surface area contributed by atoms with Crippen molar-refractivity contribution < 1.29 is 14.3 Å². The smallest absolute Gasteiger partial charge is 0.332 e. The monoisotopic (exact) mass is 355 g/mol. The Hall–Kier alpha value is -3.42. The summed E-state index contributed by atoms with van der Waals surface area (Å²) in [5.74, 6) is -0.405. The van der Waals surface area contributed by atoms with E-state index in [9.17, 15) is 14.4 Å². The second-order valence-electron chi connectivity index (χ2n) is 5.59. The van der Waals surface area contributed by atoms with Crippen LogP contribution < -0.4 is 16.0 Å². The van der Waals surface area contributed by atoms with Crippen molar-refractivity contribution >= 4 is 17.0 Å². The summed E-state index contributed by atoms with van der Waals surface area (Å²) in [5, 5.41) is 0.132. The fourth-order valence-corrected chi connectivity index (χ4v) is 2.60. The van der Waals surface area contributed by atoms with Crippen molar-refractivity contribution in [1.29, 1.82) is 0 Å². The Balaban J connectivity index is 1.94. The van der Waals surface area contributed by atoms with Gasteiger partial charge in [0.05, 0.1) is 7.11 Å². The van der Waals surface area contributed by atoms with E-state index in [4.69, 9.17) is 9.47 Å². The first kappa shape index (κ1) is 17.4. The molecular formula is C18H17N3O5. The van der Waals surface area contributed by atoms with Crippen LogP contribution in [0.25, 0.3) is 11.0 Å². The fourth-order valence-electron chi connectivity index (χ4n) is 2.60. The van der Waals surface area contributed by atoms with Gasteiger partial charge in [0, 0.05) is 13.2 Å². The molecule has 0 saturated carbocycles. The van der Waals surface area contributed by atoms with Gasteiger partial charge in [0.15, 0.2) is 5.65 Å². The lowest BCUT2D eigenvalue weighted by Crippen LogP contribution is -2.41. The number of hydrogen-bond donors (Lipinski definition) is 0. The van der Waals surface area contributed by atoms with Gasteiger partial charge in [0.25, 0.3) is 5.56 Å². The van der Waals surface area contributed by atoms with Crippen molar-refractivity contribution in [2.75, 3.05) is 7.11 Å². The Morgan fingerprint density at radius 2 is 1.88 bits per heavy atom. The Labute approximate surface area is 148 Å². The lowest BCUT2D eigenvalue weighted by molar-refractivity contribution is -0.145. The van der Waals surface area contributed by atoms with Crippen LogP contribution in [0, 0.1) is 0 Å². The average molecular weight is 355 g/mol. The summed E-state index contributed by atoms with van der Waals surface area (Å²) in [6.45, 7) is -0.431. The molecule has 0 aliphatic rings. The molecule has 0 unspecified atom stereocenters. The van der Waals surface area contributed by atoms with Crippen LogP contribution in [-0.2, 0) is 29.7 Å². The summed E-state index contributed by atoms with van der Waals surface area (Å²) < 4.78 is 12.4. The van der Waals surface area contributed by atoms with E-state index in [2.05, 4.69) is 4.98 Å². The lowest BCUT2D eigenvalue weighted by atomic mass is 10.2. The molecule has 8 nitrogen and oxygen atoms in total. The highest BCUT2D eigenvalue weighted by Gasteiger charge is 2.18. The number of hydrogen-bond acceptors (Lipinski definition) is 6. The summed E-state index contributed by atoms with van der Waals surface area (Å²) in [6, 6.07) is 10.6. The maximum atomic E-state index is 12.7. The second-order valence-corrected chi connectivity index (χ2v) is 5.59. The summed E-state index contributed by atoms with van der Waals surface area (Å²) in [4.78, 5) is 41.3. The molecule has 2 aromatic heterocycles. The summed E-state index contributed by atoms with van der Waals surface area (Å²) in [6.07, 6.45) is 1.44. The van der Waals surface area contributed by atoms with Crippen molar-refractivity contribution in [2.45, 2.75) is 13.2 Å². The number of rotatable bonds is 5. The molecule has 0 amide bonds. The van der Waals surface area contributed by atoms with Gasteiger partial charge < -0.3 is 9.47 Å². The quantitative estimate of drug-likeness (QED) is 0.630. The first-order chi connectivity index (χ1) is 12.5. The molecule has 0 spiro atoms. The Bertz CT molecular complexity index is 1070. The molecule has 8 heteroatoms. The highest BCUT2D eigenvalue weighted by molar-refractivity contribution is 5.81. The zero-order valence-corrected chi connectivity index (χ0v) is 14.3. The van der Waals surface area contributed by atoms with Crippen LogP contribution in [0.5, 0.6) is 5.75 Å². The normalized spacial score (nSPS) is 10.7. The van der Waals surface area contributed by atoms with Crippen molar-refractivity contribution in [3.05, 3.63) is 69.0 Å². The van der Waals surface area contributed by atoms with Gasteiger partial charge in [-0.2, -0.15) is 0 Å². The molecule has 3 aromatic rings. The van der Waals surface area contributed by atoms with Gasteiger partial charge in [0.2, 0.25) is 0 Å². The Morgan fingerprint density at radius 3 is 2.58 bits per heavy atom. The van der Waals surface area contributed by atoms with Crippen molar-refractivity contribution in [3.8, 4) is 5.75 Å². The maximum Gasteiger partial charge on any atom is 0.332 e. The number of methoxy groups -OCH3 is 1. The van der Waals surface area contributed by atoms with Gasteiger partial charge in [0.1, 0.15) is 24.3 Å². The van der Waals surface area contributed by atoms with E-state index in [1.165, 1.54) is 31.0 Å². The van der Waals surface area contributed by atoms with E-state index in [0.717, 1.165) is 10.1 Å². The number of fused-ring (bicyclic) bond motifs is 1. The van der Waals surface area contributed by atoms with Crippen LogP contribution in [0.15, 0.2) is 52.2 Å². The Kier molecular flexibility index (Phi) is 4.83. The topological polar surface area (TPSA) is 92.4 Å². The number of pyridine rings is 1. The van der Waals surface area contributed by atoms with Crippen molar-refractivity contribution in [3.63, 3.8) is 0 Å². The van der Waals surface area contributed by atoms with Crippen molar-refractivity contribution in [1.82, 2.24) is 14.1 Å². The third kappa shape index (κ3) is 3.21. The highest BCUT2D eigenvalue weighted by Crippen LogP contribution is 2.18. The van der Waals surface area contributed by atoms with Crippen LogP contribution in [0.3, 0.4) is 0 Å². The summed E-state index contributed by atoms with van der Waals surface area (Å²) in [5.41, 5.74) is -0.302. The first-order valence-corrected chi connectivity index (χ1v) is 7.85. The van der Waals surface area contributed by atoms with E-state index in [1.807, 2.05) is 30.3 Å². The number of esters is 1. The third-order valence-corrected chi connectivity index (χ3v) is 3.94. The molecule has 0 bridgehead atoms. The molecule has 0 saturated heterocycles. The van der Waals surface area contributed by atoms with Crippen LogP contribution in [0.4, 0.5) is 0 Å². The van der Waals surface area contributed by atoms with Crippen LogP contribution in [-0.4, -0.2) is 27.2 Å². The highest BCUT2D eigenvalue weighted by atomic mass is 16.5. The number of benzene rings is 1. The Morgan fingerprint density at radius 1 is 1.15 bits per heavy atom. The van der Waals surface area contributed by atoms with E-state index in [1.54, 1.807) is 0 Å². The van der Waals surface area contributed by atoms with Crippen molar-refractivity contribution in [2.24, 2.45) is 7.05 Å². The first-order valence-electron chi connectivity index (χ1n) is 7.85. The second kappa shape index (κ2) is 7.22. The summed E-state index contributed by atoms with van der Waals surface area (Å²) >= 11 is 0.